The SMILES string of the molecule is COc1ccc(Cl)cc1C(=O)NCc1noc(-c2ccc(C)cc2)n1. The molecule has 1 amide bonds. The van der Waals surface area contributed by atoms with Crippen molar-refractivity contribution in [2.45, 2.75) is 13.5 Å². The van der Waals surface area contributed by atoms with Crippen LogP contribution in [0.4, 0.5) is 0 Å². The first-order chi connectivity index (χ1) is 12.1. The molecule has 3 aromatic rings. The zero-order valence-corrected chi connectivity index (χ0v) is 14.5. The summed E-state index contributed by atoms with van der Waals surface area (Å²) in [6.07, 6.45) is 0. The first-order valence-corrected chi connectivity index (χ1v) is 7.96. The Morgan fingerprint density at radius 3 is 2.72 bits per heavy atom. The van der Waals surface area contributed by atoms with Crippen LogP contribution < -0.4 is 10.1 Å². The van der Waals surface area contributed by atoms with E-state index in [1.807, 2.05) is 31.2 Å². The Morgan fingerprint density at radius 2 is 2.00 bits per heavy atom. The minimum atomic E-state index is -0.332. The Labute approximate surface area is 149 Å². The lowest BCUT2D eigenvalue weighted by Gasteiger charge is -2.08. The largest absolute Gasteiger partial charge is 0.496 e. The number of hydrogen-bond donors (Lipinski definition) is 1. The minimum Gasteiger partial charge on any atom is -0.496 e. The highest BCUT2D eigenvalue weighted by atomic mass is 35.5. The van der Waals surface area contributed by atoms with E-state index < -0.39 is 0 Å². The minimum absolute atomic E-state index is 0.129. The van der Waals surface area contributed by atoms with Crippen LogP contribution in [0.5, 0.6) is 5.75 Å². The second-order valence-corrected chi connectivity index (χ2v) is 5.85. The van der Waals surface area contributed by atoms with Crippen molar-refractivity contribution in [3.05, 3.63) is 64.4 Å². The number of amides is 1. The first-order valence-electron chi connectivity index (χ1n) is 7.58. The molecule has 0 radical (unpaired) electrons. The van der Waals surface area contributed by atoms with Crippen LogP contribution in [-0.2, 0) is 6.54 Å². The van der Waals surface area contributed by atoms with E-state index in [1.54, 1.807) is 18.2 Å². The summed E-state index contributed by atoms with van der Waals surface area (Å²) in [4.78, 5) is 16.6. The number of halogens is 1. The summed E-state index contributed by atoms with van der Waals surface area (Å²) in [6, 6.07) is 12.6. The number of methoxy groups -OCH3 is 1. The van der Waals surface area contributed by atoms with E-state index in [0.29, 0.717) is 28.1 Å². The number of aromatic nitrogens is 2. The van der Waals surface area contributed by atoms with Crippen LogP contribution in [0.25, 0.3) is 11.5 Å². The molecule has 1 heterocycles. The molecule has 2 aromatic carbocycles. The molecule has 0 saturated heterocycles. The average molecular weight is 358 g/mol. The van der Waals surface area contributed by atoms with E-state index in [1.165, 1.54) is 7.11 Å². The Bertz CT molecular complexity index is 891. The molecule has 0 aliphatic carbocycles. The van der Waals surface area contributed by atoms with Gasteiger partial charge in [-0.05, 0) is 37.3 Å². The number of ether oxygens (including phenoxy) is 1. The fourth-order valence-electron chi connectivity index (χ4n) is 2.25. The highest BCUT2D eigenvalue weighted by Gasteiger charge is 2.14. The Morgan fingerprint density at radius 1 is 1.24 bits per heavy atom. The van der Waals surface area contributed by atoms with Gasteiger partial charge in [0.05, 0.1) is 19.2 Å². The lowest BCUT2D eigenvalue weighted by molar-refractivity contribution is 0.0946. The summed E-state index contributed by atoms with van der Waals surface area (Å²) in [6.45, 7) is 2.13. The fourth-order valence-corrected chi connectivity index (χ4v) is 2.42. The number of carbonyl (C=O) groups is 1. The van der Waals surface area contributed by atoms with Gasteiger partial charge < -0.3 is 14.6 Å². The van der Waals surface area contributed by atoms with Gasteiger partial charge >= 0.3 is 0 Å². The number of benzene rings is 2. The van der Waals surface area contributed by atoms with Crippen molar-refractivity contribution in [1.82, 2.24) is 15.5 Å². The Balaban J connectivity index is 1.69. The molecule has 25 heavy (non-hydrogen) atoms. The van der Waals surface area contributed by atoms with Crippen molar-refractivity contribution in [1.29, 1.82) is 0 Å². The van der Waals surface area contributed by atoms with Gasteiger partial charge in [0.1, 0.15) is 5.75 Å². The summed E-state index contributed by atoms with van der Waals surface area (Å²) in [7, 11) is 1.49. The summed E-state index contributed by atoms with van der Waals surface area (Å²) >= 11 is 5.94. The van der Waals surface area contributed by atoms with E-state index in [2.05, 4.69) is 15.5 Å². The molecule has 0 bridgehead atoms. The van der Waals surface area contributed by atoms with Gasteiger partial charge in [-0.15, -0.1) is 0 Å². The first kappa shape index (κ1) is 17.0. The van der Waals surface area contributed by atoms with Crippen LogP contribution in [0.1, 0.15) is 21.7 Å². The molecular formula is C18H16ClN3O3. The highest BCUT2D eigenvalue weighted by molar-refractivity contribution is 6.31. The van der Waals surface area contributed by atoms with Gasteiger partial charge in [0.2, 0.25) is 0 Å². The second kappa shape index (κ2) is 7.36. The van der Waals surface area contributed by atoms with E-state index in [4.69, 9.17) is 20.9 Å². The van der Waals surface area contributed by atoms with Gasteiger partial charge in [-0.3, -0.25) is 4.79 Å². The maximum absolute atomic E-state index is 12.3. The molecule has 0 atom stereocenters. The van der Waals surface area contributed by atoms with Crippen LogP contribution in [0.15, 0.2) is 47.0 Å². The number of nitrogens with zero attached hydrogens (tertiary/aromatic N) is 2. The lowest BCUT2D eigenvalue weighted by atomic mass is 10.1. The van der Waals surface area contributed by atoms with Gasteiger partial charge in [0.15, 0.2) is 5.82 Å². The van der Waals surface area contributed by atoms with Crippen molar-refractivity contribution in [2.75, 3.05) is 7.11 Å². The normalized spacial score (nSPS) is 10.5. The summed E-state index contributed by atoms with van der Waals surface area (Å²) in [5, 5.41) is 7.06. The molecular weight excluding hydrogens is 342 g/mol. The van der Waals surface area contributed by atoms with Gasteiger partial charge in [0.25, 0.3) is 11.8 Å². The standard InChI is InChI=1S/C18H16ClN3O3/c1-11-3-5-12(6-4-11)18-21-16(22-25-18)10-20-17(23)14-9-13(19)7-8-15(14)24-2/h3-9H,10H2,1-2H3,(H,20,23). The zero-order valence-electron chi connectivity index (χ0n) is 13.7. The van der Waals surface area contributed by atoms with Crippen LogP contribution in [-0.4, -0.2) is 23.2 Å². The molecule has 1 aromatic heterocycles. The molecule has 0 aliphatic heterocycles. The highest BCUT2D eigenvalue weighted by Crippen LogP contribution is 2.22. The molecule has 0 unspecified atom stereocenters. The Kier molecular flexibility index (Phi) is 5.00. The van der Waals surface area contributed by atoms with E-state index in [9.17, 15) is 4.79 Å². The van der Waals surface area contributed by atoms with Crippen molar-refractivity contribution in [3.63, 3.8) is 0 Å². The summed E-state index contributed by atoms with van der Waals surface area (Å²) in [5.74, 6) is 0.894. The molecule has 0 saturated carbocycles. The van der Waals surface area contributed by atoms with Gasteiger partial charge in [0, 0.05) is 10.6 Å². The monoisotopic (exact) mass is 357 g/mol. The van der Waals surface area contributed by atoms with Gasteiger partial charge in [-0.25, -0.2) is 0 Å². The quantitative estimate of drug-likeness (QED) is 0.754. The Hall–Kier alpha value is -2.86. The molecule has 0 fully saturated rings. The van der Waals surface area contributed by atoms with Crippen LogP contribution >= 0.6 is 11.6 Å². The maximum Gasteiger partial charge on any atom is 0.257 e. The maximum atomic E-state index is 12.3. The van der Waals surface area contributed by atoms with E-state index in [-0.39, 0.29) is 12.5 Å². The van der Waals surface area contributed by atoms with Crippen molar-refractivity contribution < 1.29 is 14.1 Å². The topological polar surface area (TPSA) is 77.2 Å². The van der Waals surface area contributed by atoms with Gasteiger partial charge in [-0.2, -0.15) is 4.98 Å². The predicted octanol–water partition coefficient (Wildman–Crippen LogP) is 3.64. The molecule has 3 rings (SSSR count). The lowest BCUT2D eigenvalue weighted by Crippen LogP contribution is -2.24. The fraction of sp³-hybridized carbons (Fsp3) is 0.167. The molecule has 0 spiro atoms. The molecule has 7 heteroatoms. The zero-order chi connectivity index (χ0) is 17.8. The number of nitrogens with one attached hydrogen (secondary N) is 1. The molecule has 128 valence electrons. The number of rotatable bonds is 5. The smallest absolute Gasteiger partial charge is 0.257 e. The van der Waals surface area contributed by atoms with Crippen LogP contribution in [0.3, 0.4) is 0 Å². The number of carbonyl (C=O) groups excluding carboxylic acids is 1. The molecule has 1 N–H and O–H groups in total. The van der Waals surface area contributed by atoms with Crippen LogP contribution in [0.2, 0.25) is 5.02 Å². The van der Waals surface area contributed by atoms with Gasteiger partial charge in [-0.1, -0.05) is 34.5 Å². The van der Waals surface area contributed by atoms with E-state index >= 15 is 0 Å². The van der Waals surface area contributed by atoms with E-state index in [0.717, 1.165) is 11.1 Å². The molecule has 6 nitrogen and oxygen atoms in total. The summed E-state index contributed by atoms with van der Waals surface area (Å²) < 4.78 is 10.4. The van der Waals surface area contributed by atoms with Crippen molar-refractivity contribution in [2.24, 2.45) is 0 Å². The predicted molar refractivity (Wildman–Crippen MR) is 93.6 cm³/mol. The third-order valence-electron chi connectivity index (χ3n) is 3.58. The van der Waals surface area contributed by atoms with Crippen molar-refractivity contribution >= 4 is 17.5 Å². The molecule has 0 aliphatic rings. The third kappa shape index (κ3) is 3.97. The summed E-state index contributed by atoms with van der Waals surface area (Å²) in [5.41, 5.74) is 2.32. The third-order valence-corrected chi connectivity index (χ3v) is 3.81. The van der Waals surface area contributed by atoms with Crippen molar-refractivity contribution in [3.8, 4) is 17.2 Å². The number of hydrogen-bond acceptors (Lipinski definition) is 5. The average Bonchev–Trinajstić information content (AvgIpc) is 3.09. The second-order valence-electron chi connectivity index (χ2n) is 5.41. The number of aryl methyl sites for hydroxylation is 1. The van der Waals surface area contributed by atoms with Crippen LogP contribution in [0, 0.1) is 6.92 Å².